The van der Waals surface area contributed by atoms with E-state index in [4.69, 9.17) is 0 Å². The summed E-state index contributed by atoms with van der Waals surface area (Å²) in [5.74, 6) is -0.528. The second-order valence-electron chi connectivity index (χ2n) is 5.05. The standard InChI is InChI=1S/C16H14N2O4S/c1-10-13(19)17(8-11-6-4-3-5-7-11)16(21)18-9-12(15(20)22-2)23-14(10)18/h3-7,9H,8H2,1-2H3. The fraction of sp³-hybridized carbons (Fsp3) is 0.188. The number of thiazole rings is 1. The van der Waals surface area contributed by atoms with Crippen molar-refractivity contribution in [1.82, 2.24) is 8.97 Å². The first-order valence-electron chi connectivity index (χ1n) is 6.90. The fourth-order valence-corrected chi connectivity index (χ4v) is 3.37. The topological polar surface area (TPSA) is 69.8 Å². The van der Waals surface area contributed by atoms with E-state index in [1.54, 1.807) is 6.92 Å². The number of aromatic nitrogens is 2. The maximum absolute atomic E-state index is 12.6. The lowest BCUT2D eigenvalue weighted by molar-refractivity contribution is 0.0606. The van der Waals surface area contributed by atoms with E-state index >= 15 is 0 Å². The molecular formula is C16H14N2O4S. The molecule has 0 saturated carbocycles. The highest BCUT2D eigenvalue weighted by molar-refractivity contribution is 7.19. The predicted octanol–water partition coefficient (Wildman–Crippen LogP) is 1.67. The Morgan fingerprint density at radius 3 is 2.57 bits per heavy atom. The van der Waals surface area contributed by atoms with Crippen LogP contribution in [-0.4, -0.2) is 22.0 Å². The maximum atomic E-state index is 12.6. The largest absolute Gasteiger partial charge is 0.465 e. The van der Waals surface area contributed by atoms with Gasteiger partial charge in [0, 0.05) is 11.8 Å². The maximum Gasteiger partial charge on any atom is 0.349 e. The van der Waals surface area contributed by atoms with Crippen molar-refractivity contribution in [3.63, 3.8) is 0 Å². The molecule has 0 aliphatic heterocycles. The fourth-order valence-electron chi connectivity index (χ4n) is 2.37. The Morgan fingerprint density at radius 1 is 1.22 bits per heavy atom. The lowest BCUT2D eigenvalue weighted by Gasteiger charge is -2.07. The summed E-state index contributed by atoms with van der Waals surface area (Å²) >= 11 is 1.08. The van der Waals surface area contributed by atoms with Crippen LogP contribution in [0.25, 0.3) is 4.83 Å². The molecule has 0 N–H and O–H groups in total. The number of methoxy groups -OCH3 is 1. The van der Waals surface area contributed by atoms with Gasteiger partial charge in [0.1, 0.15) is 9.71 Å². The van der Waals surface area contributed by atoms with Crippen LogP contribution in [0.5, 0.6) is 0 Å². The van der Waals surface area contributed by atoms with Gasteiger partial charge < -0.3 is 4.74 Å². The molecule has 7 heteroatoms. The summed E-state index contributed by atoms with van der Waals surface area (Å²) in [4.78, 5) is 37.5. The number of aryl methyl sites for hydroxylation is 1. The number of rotatable bonds is 3. The lowest BCUT2D eigenvalue weighted by Crippen LogP contribution is -2.38. The molecule has 0 radical (unpaired) electrons. The zero-order valence-electron chi connectivity index (χ0n) is 12.6. The smallest absolute Gasteiger partial charge is 0.349 e. The van der Waals surface area contributed by atoms with E-state index in [1.807, 2.05) is 30.3 Å². The molecule has 0 aliphatic rings. The number of hydrogen-bond acceptors (Lipinski definition) is 5. The molecule has 0 bridgehead atoms. The SMILES string of the molecule is COC(=O)c1cn2c(=O)n(Cc3ccccc3)c(=O)c(C)c2s1. The summed E-state index contributed by atoms with van der Waals surface area (Å²) in [6.45, 7) is 1.84. The third-order valence-corrected chi connectivity index (χ3v) is 4.75. The van der Waals surface area contributed by atoms with Gasteiger partial charge in [0.25, 0.3) is 5.56 Å². The van der Waals surface area contributed by atoms with E-state index in [-0.39, 0.29) is 17.0 Å². The molecule has 2 heterocycles. The first kappa shape index (κ1) is 15.2. The van der Waals surface area contributed by atoms with Gasteiger partial charge in [-0.25, -0.2) is 9.59 Å². The molecule has 6 nitrogen and oxygen atoms in total. The minimum absolute atomic E-state index is 0.186. The van der Waals surface area contributed by atoms with Crippen LogP contribution in [0.15, 0.2) is 46.1 Å². The van der Waals surface area contributed by atoms with Gasteiger partial charge in [0.15, 0.2) is 0 Å². The minimum atomic E-state index is -0.528. The van der Waals surface area contributed by atoms with Crippen LogP contribution < -0.4 is 11.2 Å². The van der Waals surface area contributed by atoms with Crippen LogP contribution in [0.2, 0.25) is 0 Å². The molecule has 23 heavy (non-hydrogen) atoms. The first-order valence-corrected chi connectivity index (χ1v) is 7.72. The van der Waals surface area contributed by atoms with Gasteiger partial charge in [-0.05, 0) is 12.5 Å². The normalized spacial score (nSPS) is 10.9. The lowest BCUT2D eigenvalue weighted by atomic mass is 10.2. The van der Waals surface area contributed by atoms with Gasteiger partial charge >= 0.3 is 11.7 Å². The molecule has 0 amide bonds. The first-order chi connectivity index (χ1) is 11.0. The molecule has 3 aromatic rings. The Labute approximate surface area is 135 Å². The van der Waals surface area contributed by atoms with Crippen molar-refractivity contribution in [3.8, 4) is 0 Å². The molecule has 0 unspecified atom stereocenters. The number of ether oxygens (including phenoxy) is 1. The Balaban J connectivity index is 2.22. The van der Waals surface area contributed by atoms with Gasteiger partial charge in [0.2, 0.25) is 0 Å². The van der Waals surface area contributed by atoms with Gasteiger partial charge in [-0.1, -0.05) is 30.3 Å². The quantitative estimate of drug-likeness (QED) is 0.685. The van der Waals surface area contributed by atoms with Crippen molar-refractivity contribution >= 4 is 22.1 Å². The third kappa shape index (κ3) is 2.59. The third-order valence-electron chi connectivity index (χ3n) is 3.57. The van der Waals surface area contributed by atoms with Gasteiger partial charge in [-0.2, -0.15) is 0 Å². The second kappa shape index (κ2) is 5.85. The minimum Gasteiger partial charge on any atom is -0.465 e. The molecule has 0 atom stereocenters. The Hall–Kier alpha value is -2.67. The Morgan fingerprint density at radius 2 is 1.91 bits per heavy atom. The summed E-state index contributed by atoms with van der Waals surface area (Å²) < 4.78 is 7.17. The monoisotopic (exact) mass is 330 g/mol. The average molecular weight is 330 g/mol. The molecule has 0 aliphatic carbocycles. The van der Waals surface area contributed by atoms with Crippen molar-refractivity contribution in [3.05, 3.63) is 73.4 Å². The number of hydrogen-bond donors (Lipinski definition) is 0. The van der Waals surface area contributed by atoms with Crippen LogP contribution in [0.4, 0.5) is 0 Å². The summed E-state index contributed by atoms with van der Waals surface area (Å²) in [6.07, 6.45) is 1.42. The van der Waals surface area contributed by atoms with E-state index < -0.39 is 11.7 Å². The molecule has 0 spiro atoms. The van der Waals surface area contributed by atoms with Crippen LogP contribution in [-0.2, 0) is 11.3 Å². The van der Waals surface area contributed by atoms with Crippen LogP contribution in [0, 0.1) is 6.92 Å². The van der Waals surface area contributed by atoms with Gasteiger partial charge in [0.05, 0.1) is 13.7 Å². The molecule has 1 aromatic carbocycles. The Kier molecular flexibility index (Phi) is 3.87. The van der Waals surface area contributed by atoms with Crippen LogP contribution in [0.1, 0.15) is 20.8 Å². The number of esters is 1. The van der Waals surface area contributed by atoms with E-state index in [0.717, 1.165) is 16.9 Å². The summed E-state index contributed by atoms with van der Waals surface area (Å²) in [6, 6.07) is 9.27. The number of fused-ring (bicyclic) bond motifs is 1. The molecule has 0 saturated heterocycles. The van der Waals surface area contributed by atoms with Crippen molar-refractivity contribution in [2.75, 3.05) is 7.11 Å². The highest BCUT2D eigenvalue weighted by Gasteiger charge is 2.17. The number of carbonyl (C=O) groups excluding carboxylic acids is 1. The number of nitrogens with zero attached hydrogens (tertiary/aromatic N) is 2. The summed E-state index contributed by atoms with van der Waals surface area (Å²) in [5.41, 5.74) is 0.470. The molecule has 3 rings (SSSR count). The van der Waals surface area contributed by atoms with E-state index in [2.05, 4.69) is 4.74 Å². The number of benzene rings is 1. The summed E-state index contributed by atoms with van der Waals surface area (Å²) in [5, 5.41) is 0. The summed E-state index contributed by atoms with van der Waals surface area (Å²) in [7, 11) is 1.27. The molecular weight excluding hydrogens is 316 g/mol. The second-order valence-corrected chi connectivity index (χ2v) is 6.08. The van der Waals surface area contributed by atoms with Gasteiger partial charge in [-0.3, -0.25) is 13.8 Å². The predicted molar refractivity (Wildman–Crippen MR) is 87.4 cm³/mol. The number of carbonyl (C=O) groups is 1. The van der Waals surface area contributed by atoms with E-state index in [9.17, 15) is 14.4 Å². The van der Waals surface area contributed by atoms with E-state index in [0.29, 0.717) is 10.4 Å². The van der Waals surface area contributed by atoms with Crippen LogP contribution >= 0.6 is 11.3 Å². The zero-order valence-corrected chi connectivity index (χ0v) is 13.4. The Bertz CT molecular complexity index is 999. The van der Waals surface area contributed by atoms with Crippen molar-refractivity contribution in [1.29, 1.82) is 0 Å². The highest BCUT2D eigenvalue weighted by Crippen LogP contribution is 2.18. The molecule has 118 valence electrons. The van der Waals surface area contributed by atoms with Crippen molar-refractivity contribution < 1.29 is 9.53 Å². The highest BCUT2D eigenvalue weighted by atomic mass is 32.1. The van der Waals surface area contributed by atoms with Crippen molar-refractivity contribution in [2.24, 2.45) is 0 Å². The van der Waals surface area contributed by atoms with E-state index in [1.165, 1.54) is 22.3 Å². The van der Waals surface area contributed by atoms with Crippen LogP contribution in [0.3, 0.4) is 0 Å². The van der Waals surface area contributed by atoms with Gasteiger partial charge in [-0.15, -0.1) is 11.3 Å². The molecule has 0 fully saturated rings. The average Bonchev–Trinajstić information content (AvgIpc) is 3.02. The molecule has 2 aromatic heterocycles. The van der Waals surface area contributed by atoms with Crippen molar-refractivity contribution in [2.45, 2.75) is 13.5 Å². The zero-order chi connectivity index (χ0) is 16.6.